The van der Waals surface area contributed by atoms with Crippen LogP contribution in [0.15, 0.2) is 45.6 Å². The van der Waals surface area contributed by atoms with E-state index in [1.807, 2.05) is 12.1 Å². The van der Waals surface area contributed by atoms with Crippen molar-refractivity contribution in [2.45, 2.75) is 50.5 Å². The summed E-state index contributed by atoms with van der Waals surface area (Å²) >= 11 is 0. The van der Waals surface area contributed by atoms with Crippen LogP contribution in [0.4, 0.5) is 8.78 Å². The Hall–Kier alpha value is -2.47. The van der Waals surface area contributed by atoms with Crippen LogP contribution in [0.3, 0.4) is 0 Å². The first kappa shape index (κ1) is 19.8. The molecule has 0 saturated heterocycles. The number of rotatable bonds is 6. The molecule has 6 heteroatoms. The lowest BCUT2D eigenvalue weighted by Crippen LogP contribution is -2.35. The van der Waals surface area contributed by atoms with Gasteiger partial charge in [0.2, 0.25) is 0 Å². The summed E-state index contributed by atoms with van der Waals surface area (Å²) in [6, 6.07) is 10.3. The second-order valence-electron chi connectivity index (χ2n) is 8.10. The van der Waals surface area contributed by atoms with Crippen LogP contribution in [0, 0.1) is 11.6 Å². The molecule has 0 radical (unpaired) electrons. The number of H-pyrrole nitrogens is 1. The van der Waals surface area contributed by atoms with Gasteiger partial charge in [-0.2, -0.15) is 0 Å². The molecular formula is C23H26F2N2O2. The fourth-order valence-electron chi connectivity index (χ4n) is 4.49. The molecule has 1 saturated carbocycles. The van der Waals surface area contributed by atoms with Gasteiger partial charge in [0.05, 0.1) is 5.52 Å². The van der Waals surface area contributed by atoms with Gasteiger partial charge in [-0.25, -0.2) is 13.6 Å². The average Bonchev–Trinajstić information content (AvgIpc) is 3.09. The third-order valence-corrected chi connectivity index (χ3v) is 6.21. The van der Waals surface area contributed by atoms with Crippen molar-refractivity contribution in [3.8, 4) is 0 Å². The predicted molar refractivity (Wildman–Crippen MR) is 109 cm³/mol. The number of benzene rings is 2. The van der Waals surface area contributed by atoms with E-state index in [1.54, 1.807) is 6.07 Å². The summed E-state index contributed by atoms with van der Waals surface area (Å²) in [5.74, 6) is -0.915. The summed E-state index contributed by atoms with van der Waals surface area (Å²) in [6.45, 7) is 0.895. The fraction of sp³-hybridized carbons (Fsp3) is 0.435. The molecule has 1 aliphatic rings. The molecule has 1 N–H and O–H groups in total. The van der Waals surface area contributed by atoms with Crippen molar-refractivity contribution in [1.29, 1.82) is 0 Å². The zero-order valence-electron chi connectivity index (χ0n) is 16.6. The van der Waals surface area contributed by atoms with Crippen LogP contribution in [-0.2, 0) is 6.42 Å². The zero-order valence-corrected chi connectivity index (χ0v) is 16.6. The number of oxazole rings is 1. The van der Waals surface area contributed by atoms with Gasteiger partial charge in [-0.1, -0.05) is 12.1 Å². The minimum atomic E-state index is -0.530. The normalized spacial score (nSPS) is 19.9. The standard InChI is InChI=1S/C23H26F2N2O2/c1-27(12-2-3-16-4-8-18(24)14-20(16)25)19-9-5-15(6-10-19)17-7-11-21-22(13-17)29-23(28)26-21/h4,7-8,11,13-15,19H,2-3,5-6,9-10,12H2,1H3,(H,26,28). The van der Waals surface area contributed by atoms with Crippen molar-refractivity contribution in [3.63, 3.8) is 0 Å². The highest BCUT2D eigenvalue weighted by Crippen LogP contribution is 2.35. The number of hydrogen-bond donors (Lipinski definition) is 1. The number of fused-ring (bicyclic) bond motifs is 1. The summed E-state index contributed by atoms with van der Waals surface area (Å²) in [5.41, 5.74) is 3.17. The lowest BCUT2D eigenvalue weighted by Gasteiger charge is -2.35. The number of nitrogens with zero attached hydrogens (tertiary/aromatic N) is 1. The van der Waals surface area contributed by atoms with Crippen LogP contribution in [-0.4, -0.2) is 29.5 Å². The summed E-state index contributed by atoms with van der Waals surface area (Å²) < 4.78 is 31.9. The monoisotopic (exact) mass is 400 g/mol. The van der Waals surface area contributed by atoms with Gasteiger partial charge in [0.1, 0.15) is 11.6 Å². The molecule has 154 valence electrons. The second-order valence-corrected chi connectivity index (χ2v) is 8.10. The van der Waals surface area contributed by atoms with Gasteiger partial charge >= 0.3 is 5.76 Å². The Morgan fingerprint density at radius 1 is 1.10 bits per heavy atom. The third kappa shape index (κ3) is 4.58. The Labute approximate surface area is 168 Å². The SMILES string of the molecule is CN(CCCc1ccc(F)cc1F)C1CCC(c2ccc3[nH]c(=O)oc3c2)CC1. The molecular weight excluding hydrogens is 374 g/mol. The molecule has 0 atom stereocenters. The molecule has 0 bridgehead atoms. The molecule has 0 spiro atoms. The molecule has 4 rings (SSSR count). The highest BCUT2D eigenvalue weighted by Gasteiger charge is 2.25. The lowest BCUT2D eigenvalue weighted by atomic mass is 9.81. The van der Waals surface area contributed by atoms with E-state index in [4.69, 9.17) is 4.42 Å². The van der Waals surface area contributed by atoms with Gasteiger partial charge in [0, 0.05) is 12.1 Å². The van der Waals surface area contributed by atoms with Gasteiger partial charge < -0.3 is 9.32 Å². The highest BCUT2D eigenvalue weighted by atomic mass is 19.1. The van der Waals surface area contributed by atoms with Crippen molar-refractivity contribution < 1.29 is 13.2 Å². The Balaban J connectivity index is 1.27. The Morgan fingerprint density at radius 2 is 1.90 bits per heavy atom. The summed E-state index contributed by atoms with van der Waals surface area (Å²) in [4.78, 5) is 16.4. The van der Waals surface area contributed by atoms with E-state index in [1.165, 1.54) is 11.6 Å². The number of aryl methyl sites for hydroxylation is 1. The van der Waals surface area contributed by atoms with E-state index < -0.39 is 17.4 Å². The van der Waals surface area contributed by atoms with Crippen molar-refractivity contribution >= 4 is 11.1 Å². The molecule has 1 aromatic heterocycles. The molecule has 1 fully saturated rings. The van der Waals surface area contributed by atoms with E-state index in [-0.39, 0.29) is 0 Å². The first-order valence-electron chi connectivity index (χ1n) is 10.3. The first-order chi connectivity index (χ1) is 14.0. The van der Waals surface area contributed by atoms with Gasteiger partial charge in [-0.15, -0.1) is 0 Å². The van der Waals surface area contributed by atoms with Gasteiger partial charge in [0.25, 0.3) is 0 Å². The van der Waals surface area contributed by atoms with Crippen molar-refractivity contribution in [1.82, 2.24) is 9.88 Å². The Kier molecular flexibility index (Phi) is 5.81. The van der Waals surface area contributed by atoms with Gasteiger partial charge in [0.15, 0.2) is 5.58 Å². The van der Waals surface area contributed by atoms with E-state index >= 15 is 0 Å². The smallest absolute Gasteiger partial charge is 0.408 e. The molecule has 1 heterocycles. The topological polar surface area (TPSA) is 49.2 Å². The molecule has 0 amide bonds. The largest absolute Gasteiger partial charge is 0.417 e. The van der Waals surface area contributed by atoms with E-state index in [9.17, 15) is 13.6 Å². The third-order valence-electron chi connectivity index (χ3n) is 6.21. The van der Waals surface area contributed by atoms with Crippen LogP contribution in [0.5, 0.6) is 0 Å². The van der Waals surface area contributed by atoms with E-state index in [2.05, 4.69) is 23.0 Å². The van der Waals surface area contributed by atoms with Crippen LogP contribution >= 0.6 is 0 Å². The number of aromatic amines is 1. The van der Waals surface area contributed by atoms with E-state index in [0.717, 1.165) is 50.2 Å². The maximum absolute atomic E-state index is 13.8. The summed E-state index contributed by atoms with van der Waals surface area (Å²) in [5, 5.41) is 0. The van der Waals surface area contributed by atoms with Crippen LogP contribution in [0.25, 0.3) is 11.1 Å². The number of halogens is 2. The average molecular weight is 400 g/mol. The summed E-state index contributed by atoms with van der Waals surface area (Å²) in [6.07, 6.45) is 5.89. The molecule has 0 aliphatic heterocycles. The van der Waals surface area contributed by atoms with Gasteiger partial charge in [-0.3, -0.25) is 4.98 Å². The molecule has 29 heavy (non-hydrogen) atoms. The van der Waals surface area contributed by atoms with Crippen molar-refractivity contribution in [2.24, 2.45) is 0 Å². The molecule has 1 aliphatic carbocycles. The minimum Gasteiger partial charge on any atom is -0.408 e. The lowest BCUT2D eigenvalue weighted by molar-refractivity contribution is 0.181. The Morgan fingerprint density at radius 3 is 2.66 bits per heavy atom. The Bertz CT molecular complexity index is 1030. The van der Waals surface area contributed by atoms with Crippen molar-refractivity contribution in [2.75, 3.05) is 13.6 Å². The van der Waals surface area contributed by atoms with E-state index in [0.29, 0.717) is 29.5 Å². The predicted octanol–water partition coefficient (Wildman–Crippen LogP) is 4.99. The van der Waals surface area contributed by atoms with Gasteiger partial charge in [-0.05, 0) is 87.4 Å². The molecule has 4 nitrogen and oxygen atoms in total. The fourth-order valence-corrected chi connectivity index (χ4v) is 4.49. The van der Waals surface area contributed by atoms with Crippen LogP contribution in [0.1, 0.15) is 49.1 Å². The quantitative estimate of drug-likeness (QED) is 0.634. The highest BCUT2D eigenvalue weighted by molar-refractivity contribution is 5.72. The molecule has 2 aromatic carbocycles. The number of aromatic nitrogens is 1. The minimum absolute atomic E-state index is 0.414. The van der Waals surface area contributed by atoms with Crippen molar-refractivity contribution in [3.05, 3.63) is 69.7 Å². The first-order valence-corrected chi connectivity index (χ1v) is 10.3. The second kappa shape index (κ2) is 8.49. The van der Waals surface area contributed by atoms with Crippen LogP contribution in [0.2, 0.25) is 0 Å². The van der Waals surface area contributed by atoms with Crippen LogP contribution < -0.4 is 5.76 Å². The number of nitrogens with one attached hydrogen (secondary N) is 1. The zero-order chi connectivity index (χ0) is 20.4. The maximum atomic E-state index is 13.8. The molecule has 0 unspecified atom stereocenters. The summed E-state index contributed by atoms with van der Waals surface area (Å²) in [7, 11) is 2.13. The number of hydrogen-bond acceptors (Lipinski definition) is 3. The maximum Gasteiger partial charge on any atom is 0.417 e. The molecule has 3 aromatic rings.